The van der Waals surface area contributed by atoms with E-state index in [-0.39, 0.29) is 16.9 Å². The van der Waals surface area contributed by atoms with Crippen molar-refractivity contribution in [1.29, 1.82) is 0 Å². The van der Waals surface area contributed by atoms with Crippen molar-refractivity contribution >= 4 is 9.84 Å². The summed E-state index contributed by atoms with van der Waals surface area (Å²) >= 11 is 0. The lowest BCUT2D eigenvalue weighted by molar-refractivity contribution is -0.162. The highest BCUT2D eigenvalue weighted by atomic mass is 32.2. The van der Waals surface area contributed by atoms with Gasteiger partial charge in [0.05, 0.1) is 6.04 Å². The Morgan fingerprint density at radius 2 is 1.88 bits per heavy atom. The molecule has 0 radical (unpaired) electrons. The second-order valence-corrected chi connectivity index (χ2v) is 8.16. The van der Waals surface area contributed by atoms with Gasteiger partial charge in [-0.1, -0.05) is 40.3 Å². The van der Waals surface area contributed by atoms with E-state index in [0.29, 0.717) is 25.3 Å². The van der Waals surface area contributed by atoms with Crippen molar-refractivity contribution in [2.24, 2.45) is 5.92 Å². The van der Waals surface area contributed by atoms with Crippen molar-refractivity contribution in [1.82, 2.24) is 9.96 Å². The van der Waals surface area contributed by atoms with Crippen molar-refractivity contribution in [2.75, 3.05) is 25.9 Å². The summed E-state index contributed by atoms with van der Waals surface area (Å²) in [5.41, 5.74) is 0.522. The Morgan fingerprint density at radius 3 is 2.31 bits per heavy atom. The minimum atomic E-state index is -3.73. The lowest BCUT2D eigenvalue weighted by atomic mass is 10.0. The predicted molar refractivity (Wildman–Crippen MR) is 106 cm³/mol. The second-order valence-electron chi connectivity index (χ2n) is 6.18. The van der Waals surface area contributed by atoms with E-state index in [1.54, 1.807) is 6.92 Å². The molecule has 150 valence electrons. The molecule has 0 aromatic rings. The third kappa shape index (κ3) is 7.05. The Hall–Kier alpha value is -1.44. The molecule has 1 N–H and O–H groups in total. The van der Waals surface area contributed by atoms with Crippen LogP contribution in [0.2, 0.25) is 0 Å². The van der Waals surface area contributed by atoms with E-state index in [1.807, 2.05) is 32.6 Å². The Kier molecular flexibility index (Phi) is 10.7. The van der Waals surface area contributed by atoms with Crippen LogP contribution in [0.25, 0.3) is 0 Å². The number of hydrogen-bond acceptors (Lipinski definition) is 5. The minimum absolute atomic E-state index is 0.0897. The quantitative estimate of drug-likeness (QED) is 0.699. The number of hydroxylamine groups is 2. The Balaban J connectivity index is 0.00000301. The largest absolute Gasteiger partial charge is 0.368 e. The van der Waals surface area contributed by atoms with E-state index in [2.05, 4.69) is 6.58 Å². The number of piperazine rings is 1. The first kappa shape index (κ1) is 24.6. The standard InChI is InChI=1S/C17H27FN2O3S.C2H6/c1-6-8-15(18)17(24(5,22)23)11-14(7-2)19-9-10-20(21)16(12-19)13(3)4;1-2/h6-8,11,13,16,21H,2,9-10,12H2,1,3-5H3;1-2H3/b8-6-,14-11+,17-15-;. The van der Waals surface area contributed by atoms with Gasteiger partial charge in [0, 0.05) is 31.6 Å². The molecule has 1 fully saturated rings. The SMILES string of the molecule is C=C\C(=C/C(=C(F)\C=C/C)S(C)(=O)=O)N1CCN(O)C(C(C)C)C1.CC. The first-order valence-corrected chi connectivity index (χ1v) is 10.8. The highest BCUT2D eigenvalue weighted by Gasteiger charge is 2.29. The summed E-state index contributed by atoms with van der Waals surface area (Å²) in [7, 11) is -3.73. The molecule has 5 nitrogen and oxygen atoms in total. The summed E-state index contributed by atoms with van der Waals surface area (Å²) in [6, 6.07) is -0.0897. The summed E-state index contributed by atoms with van der Waals surface area (Å²) in [5, 5.41) is 11.3. The zero-order valence-corrected chi connectivity index (χ0v) is 17.6. The fourth-order valence-corrected chi connectivity index (χ4v) is 3.34. The molecule has 1 aliphatic heterocycles. The molecule has 0 aliphatic carbocycles. The molecule has 0 amide bonds. The van der Waals surface area contributed by atoms with Crippen LogP contribution in [-0.2, 0) is 9.84 Å². The fourth-order valence-electron chi connectivity index (χ4n) is 2.58. The monoisotopic (exact) mass is 388 g/mol. The molecule has 1 rings (SSSR count). The van der Waals surface area contributed by atoms with Gasteiger partial charge in [-0.15, -0.1) is 0 Å². The molecule has 7 heteroatoms. The number of hydrogen-bond donors (Lipinski definition) is 1. The van der Waals surface area contributed by atoms with Crippen molar-refractivity contribution in [2.45, 2.75) is 40.7 Å². The Labute approximate surface area is 158 Å². The Bertz CT molecular complexity index is 652. The summed E-state index contributed by atoms with van der Waals surface area (Å²) < 4.78 is 38.0. The van der Waals surface area contributed by atoms with Gasteiger partial charge in [0.1, 0.15) is 10.7 Å². The van der Waals surface area contributed by atoms with Crippen LogP contribution in [0.5, 0.6) is 0 Å². The maximum Gasteiger partial charge on any atom is 0.178 e. The van der Waals surface area contributed by atoms with E-state index < -0.39 is 15.7 Å². The average molecular weight is 389 g/mol. The molecule has 1 unspecified atom stereocenters. The topological polar surface area (TPSA) is 60.9 Å². The number of halogens is 1. The van der Waals surface area contributed by atoms with Crippen molar-refractivity contribution < 1.29 is 18.0 Å². The molecular weight excluding hydrogens is 355 g/mol. The number of allylic oxidation sites excluding steroid dienone is 5. The molecule has 0 bridgehead atoms. The predicted octanol–water partition coefficient (Wildman–Crippen LogP) is 3.92. The summed E-state index contributed by atoms with van der Waals surface area (Å²) in [5.74, 6) is -0.589. The molecule has 0 saturated carbocycles. The molecule has 1 aliphatic rings. The molecule has 1 saturated heterocycles. The molecule has 1 heterocycles. The van der Waals surface area contributed by atoms with Gasteiger partial charge in [-0.25, -0.2) is 12.8 Å². The van der Waals surface area contributed by atoms with Gasteiger partial charge in [0.25, 0.3) is 0 Å². The fraction of sp³-hybridized carbons (Fsp3) is 0.579. The first-order chi connectivity index (χ1) is 12.1. The summed E-state index contributed by atoms with van der Waals surface area (Å²) in [6.07, 6.45) is 6.36. The van der Waals surface area contributed by atoms with Crippen LogP contribution in [0.15, 0.2) is 47.3 Å². The summed E-state index contributed by atoms with van der Waals surface area (Å²) in [4.78, 5) is 1.54. The molecular formula is C19H33FN2O3S. The molecule has 0 aromatic carbocycles. The third-order valence-electron chi connectivity index (χ3n) is 3.96. The van der Waals surface area contributed by atoms with E-state index >= 15 is 0 Å². The van der Waals surface area contributed by atoms with Gasteiger partial charge in [-0.3, -0.25) is 0 Å². The van der Waals surface area contributed by atoms with E-state index in [9.17, 15) is 18.0 Å². The van der Waals surface area contributed by atoms with Crippen LogP contribution in [-0.4, -0.2) is 55.5 Å². The van der Waals surface area contributed by atoms with Gasteiger partial charge in [0.15, 0.2) is 9.84 Å². The Morgan fingerprint density at radius 1 is 1.31 bits per heavy atom. The van der Waals surface area contributed by atoms with Crippen molar-refractivity contribution in [3.05, 3.63) is 47.3 Å². The van der Waals surface area contributed by atoms with E-state index in [1.165, 1.54) is 23.3 Å². The number of rotatable bonds is 6. The third-order valence-corrected chi connectivity index (χ3v) is 5.07. The number of nitrogens with zero attached hydrogens (tertiary/aromatic N) is 2. The maximum atomic E-state index is 14.2. The molecule has 26 heavy (non-hydrogen) atoms. The molecule has 0 aromatic heterocycles. The smallest absolute Gasteiger partial charge is 0.178 e. The van der Waals surface area contributed by atoms with Gasteiger partial charge in [-0.2, -0.15) is 5.06 Å². The van der Waals surface area contributed by atoms with Crippen molar-refractivity contribution in [3.63, 3.8) is 0 Å². The minimum Gasteiger partial charge on any atom is -0.368 e. The first-order valence-electron chi connectivity index (χ1n) is 8.89. The molecule has 1 atom stereocenters. The van der Waals surface area contributed by atoms with Crippen molar-refractivity contribution in [3.8, 4) is 0 Å². The lowest BCUT2D eigenvalue weighted by Gasteiger charge is -2.41. The van der Waals surface area contributed by atoms with E-state index in [0.717, 1.165) is 12.3 Å². The van der Waals surface area contributed by atoms with Crippen LogP contribution in [0.3, 0.4) is 0 Å². The highest BCUT2D eigenvalue weighted by molar-refractivity contribution is 7.94. The van der Waals surface area contributed by atoms with Crippen LogP contribution < -0.4 is 0 Å². The highest BCUT2D eigenvalue weighted by Crippen LogP contribution is 2.23. The zero-order chi connectivity index (χ0) is 20.5. The van der Waals surface area contributed by atoms with Gasteiger partial charge in [0.2, 0.25) is 0 Å². The lowest BCUT2D eigenvalue weighted by Crippen LogP contribution is -2.53. The van der Waals surface area contributed by atoms with Gasteiger partial charge < -0.3 is 10.1 Å². The summed E-state index contributed by atoms with van der Waals surface area (Å²) in [6.45, 7) is 14.8. The van der Waals surface area contributed by atoms with Crippen LogP contribution in [0.1, 0.15) is 34.6 Å². The van der Waals surface area contributed by atoms with Gasteiger partial charge in [-0.05, 0) is 31.1 Å². The normalized spacial score (nSPS) is 20.7. The average Bonchev–Trinajstić information content (AvgIpc) is 2.57. The van der Waals surface area contributed by atoms with Crippen LogP contribution in [0.4, 0.5) is 4.39 Å². The molecule has 0 spiro atoms. The van der Waals surface area contributed by atoms with Crippen LogP contribution in [0, 0.1) is 5.92 Å². The number of sulfone groups is 1. The van der Waals surface area contributed by atoms with Crippen LogP contribution >= 0.6 is 0 Å². The van der Waals surface area contributed by atoms with E-state index in [4.69, 9.17) is 0 Å². The maximum absolute atomic E-state index is 14.2. The van der Waals surface area contributed by atoms with Gasteiger partial charge >= 0.3 is 0 Å². The second kappa shape index (κ2) is 11.3. The zero-order valence-electron chi connectivity index (χ0n) is 16.7.